The Morgan fingerprint density at radius 2 is 1.48 bits per heavy atom. The van der Waals surface area contributed by atoms with Gasteiger partial charge >= 0.3 is 12.1 Å². The van der Waals surface area contributed by atoms with Gasteiger partial charge in [0.1, 0.15) is 6.61 Å². The fraction of sp³-hybridized carbons (Fsp3) is 0.0833. The van der Waals surface area contributed by atoms with Crippen LogP contribution >= 0.6 is 0 Å². The summed E-state index contributed by atoms with van der Waals surface area (Å²) in [4.78, 5) is 22.7. The first-order valence-corrected chi connectivity index (χ1v) is 9.09. The molecule has 3 aromatic carbocycles. The van der Waals surface area contributed by atoms with Gasteiger partial charge in [0.25, 0.3) is 0 Å². The molecule has 0 unspecified atom stereocenters. The number of amides is 1. The minimum atomic E-state index is -1.19. The second-order valence-electron chi connectivity index (χ2n) is 6.58. The number of fused-ring (bicyclic) bond motifs is 3. The van der Waals surface area contributed by atoms with Crippen molar-refractivity contribution in [1.29, 1.82) is 0 Å². The predicted octanol–water partition coefficient (Wildman–Crippen LogP) is 4.48. The summed E-state index contributed by atoms with van der Waals surface area (Å²) in [5, 5.41) is 11.3. The zero-order valence-electron chi connectivity index (χ0n) is 15.4. The Hall–Kier alpha value is -4.04. The summed E-state index contributed by atoms with van der Waals surface area (Å²) in [5.41, 5.74) is 5.75. The van der Waals surface area contributed by atoms with Crippen LogP contribution in [-0.4, -0.2) is 23.8 Å². The molecule has 142 valence electrons. The fourth-order valence-electron chi connectivity index (χ4n) is 3.51. The van der Waals surface area contributed by atoms with Gasteiger partial charge in [0, 0.05) is 23.1 Å². The largest absolute Gasteiger partial charge is 0.472 e. The van der Waals surface area contributed by atoms with Crippen LogP contribution in [0.3, 0.4) is 0 Å². The highest BCUT2D eigenvalue weighted by Crippen LogP contribution is 2.44. The molecule has 0 aromatic heterocycles. The molecule has 1 amide bonds. The van der Waals surface area contributed by atoms with Crippen LogP contribution in [0.1, 0.15) is 22.6 Å². The second-order valence-corrected chi connectivity index (χ2v) is 6.58. The summed E-state index contributed by atoms with van der Waals surface area (Å²) in [6.45, 7) is 0.238. The summed E-state index contributed by atoms with van der Waals surface area (Å²) in [7, 11) is 0. The normalized spacial score (nSPS) is 11.6. The van der Waals surface area contributed by atoms with Gasteiger partial charge in [-0.3, -0.25) is 5.32 Å². The Labute approximate surface area is 168 Å². The standard InChI is InChI=1S/C24H17NO4/c26-23(27)14-11-16-9-12-17(13-10-16)25-24(28)29-15-22-20-7-3-1-5-18(20)19-6-2-4-8-21(19)22/h1-10,12-13,22H,15H2,(H,25,28)(H,26,27). The van der Waals surface area contributed by atoms with Crippen LogP contribution in [0.15, 0.2) is 72.8 Å². The molecule has 0 bridgehead atoms. The monoisotopic (exact) mass is 383 g/mol. The van der Waals surface area contributed by atoms with Crippen molar-refractivity contribution in [1.82, 2.24) is 0 Å². The van der Waals surface area contributed by atoms with Crippen molar-refractivity contribution >= 4 is 17.7 Å². The van der Waals surface area contributed by atoms with Crippen molar-refractivity contribution in [2.45, 2.75) is 5.92 Å². The molecule has 4 rings (SSSR count). The van der Waals surface area contributed by atoms with Gasteiger partial charge in [0.05, 0.1) is 0 Å². The lowest BCUT2D eigenvalue weighted by Gasteiger charge is -2.14. The smallest absolute Gasteiger partial charge is 0.411 e. The molecule has 1 aliphatic rings. The van der Waals surface area contributed by atoms with Crippen LogP contribution in [0.25, 0.3) is 11.1 Å². The van der Waals surface area contributed by atoms with Gasteiger partial charge in [-0.25, -0.2) is 9.59 Å². The van der Waals surface area contributed by atoms with Gasteiger partial charge in [0.15, 0.2) is 0 Å². The van der Waals surface area contributed by atoms with Crippen LogP contribution in [0.2, 0.25) is 0 Å². The first-order chi connectivity index (χ1) is 14.1. The van der Waals surface area contributed by atoms with Crippen molar-refractivity contribution < 1.29 is 19.4 Å². The highest BCUT2D eigenvalue weighted by Gasteiger charge is 2.28. The maximum Gasteiger partial charge on any atom is 0.411 e. The van der Waals surface area contributed by atoms with E-state index in [2.05, 4.69) is 35.5 Å². The van der Waals surface area contributed by atoms with E-state index >= 15 is 0 Å². The average Bonchev–Trinajstić information content (AvgIpc) is 3.05. The predicted molar refractivity (Wildman–Crippen MR) is 110 cm³/mol. The summed E-state index contributed by atoms with van der Waals surface area (Å²) < 4.78 is 5.50. The summed E-state index contributed by atoms with van der Waals surface area (Å²) in [6.07, 6.45) is -0.545. The molecule has 3 aromatic rings. The first kappa shape index (κ1) is 18.3. The molecule has 1 aliphatic carbocycles. The number of carbonyl (C=O) groups excluding carboxylic acids is 1. The number of rotatable bonds is 3. The Kier molecular flexibility index (Phi) is 5.00. The van der Waals surface area contributed by atoms with E-state index < -0.39 is 12.1 Å². The minimum absolute atomic E-state index is 0.00168. The van der Waals surface area contributed by atoms with Crippen LogP contribution in [0.4, 0.5) is 10.5 Å². The topological polar surface area (TPSA) is 75.6 Å². The van der Waals surface area contributed by atoms with Gasteiger partial charge in [-0.2, -0.15) is 0 Å². The van der Waals surface area contributed by atoms with Gasteiger partial charge in [-0.15, -0.1) is 0 Å². The zero-order valence-corrected chi connectivity index (χ0v) is 15.4. The van der Waals surface area contributed by atoms with Gasteiger partial charge in [-0.05, 0) is 46.5 Å². The Balaban J connectivity index is 1.42. The number of nitrogens with one attached hydrogen (secondary N) is 1. The number of carboxylic acids is 1. The number of hydrogen-bond acceptors (Lipinski definition) is 3. The van der Waals surface area contributed by atoms with E-state index in [1.54, 1.807) is 24.3 Å². The van der Waals surface area contributed by atoms with Gasteiger partial charge in [-0.1, -0.05) is 54.5 Å². The van der Waals surface area contributed by atoms with Crippen LogP contribution in [0.5, 0.6) is 0 Å². The molecule has 2 N–H and O–H groups in total. The van der Waals surface area contributed by atoms with Crippen molar-refractivity contribution in [2.75, 3.05) is 11.9 Å². The Morgan fingerprint density at radius 1 is 0.897 bits per heavy atom. The summed E-state index contributed by atoms with van der Waals surface area (Å²) in [5.74, 6) is 3.37. The molecular weight excluding hydrogens is 366 g/mol. The lowest BCUT2D eigenvalue weighted by molar-refractivity contribution is -0.130. The number of ether oxygens (including phenoxy) is 1. The first-order valence-electron chi connectivity index (χ1n) is 9.09. The van der Waals surface area contributed by atoms with E-state index in [0.717, 1.165) is 11.1 Å². The quantitative estimate of drug-likeness (QED) is 0.654. The zero-order chi connectivity index (χ0) is 20.2. The molecule has 0 atom stereocenters. The lowest BCUT2D eigenvalue weighted by Crippen LogP contribution is -2.17. The Bertz CT molecular complexity index is 1090. The molecule has 5 nitrogen and oxygen atoms in total. The van der Waals surface area contributed by atoms with Crippen LogP contribution < -0.4 is 5.32 Å². The van der Waals surface area contributed by atoms with Crippen molar-refractivity contribution in [3.63, 3.8) is 0 Å². The van der Waals surface area contributed by atoms with Crippen LogP contribution in [0, 0.1) is 11.8 Å². The molecule has 0 fully saturated rings. The highest BCUT2D eigenvalue weighted by atomic mass is 16.5. The maximum absolute atomic E-state index is 12.3. The number of carboxylic acid groups (broad SMARTS) is 1. The van der Waals surface area contributed by atoms with Crippen LogP contribution in [-0.2, 0) is 9.53 Å². The molecule has 0 saturated carbocycles. The molecule has 29 heavy (non-hydrogen) atoms. The molecule has 5 heteroatoms. The molecule has 0 spiro atoms. The molecule has 0 aliphatic heterocycles. The number of hydrogen-bond donors (Lipinski definition) is 2. The third-order valence-electron chi connectivity index (χ3n) is 4.79. The third-order valence-corrected chi connectivity index (χ3v) is 4.79. The minimum Gasteiger partial charge on any atom is -0.472 e. The summed E-state index contributed by atoms with van der Waals surface area (Å²) in [6, 6.07) is 22.9. The fourth-order valence-corrected chi connectivity index (χ4v) is 3.51. The summed E-state index contributed by atoms with van der Waals surface area (Å²) >= 11 is 0. The maximum atomic E-state index is 12.3. The van der Waals surface area contributed by atoms with E-state index in [9.17, 15) is 9.59 Å². The van der Waals surface area contributed by atoms with Gasteiger partial charge < -0.3 is 9.84 Å². The van der Waals surface area contributed by atoms with E-state index in [1.165, 1.54) is 11.1 Å². The average molecular weight is 383 g/mol. The van der Waals surface area contributed by atoms with Crippen molar-refractivity contribution in [3.05, 3.63) is 89.5 Å². The SMILES string of the molecule is O=C(O)C#Cc1ccc(NC(=O)OCC2c3ccccc3-c3ccccc32)cc1. The number of anilines is 1. The van der Waals surface area contributed by atoms with E-state index in [1.807, 2.05) is 30.2 Å². The molecule has 0 radical (unpaired) electrons. The lowest BCUT2D eigenvalue weighted by atomic mass is 9.98. The van der Waals surface area contributed by atoms with Crippen molar-refractivity contribution in [2.24, 2.45) is 0 Å². The Morgan fingerprint density at radius 3 is 2.07 bits per heavy atom. The second kappa shape index (κ2) is 7.91. The number of benzene rings is 3. The molecular formula is C24H17NO4. The van der Waals surface area contributed by atoms with Crippen molar-refractivity contribution in [3.8, 4) is 23.0 Å². The third kappa shape index (κ3) is 3.97. The van der Waals surface area contributed by atoms with Gasteiger partial charge in [0.2, 0.25) is 0 Å². The van der Waals surface area contributed by atoms with E-state index in [-0.39, 0.29) is 12.5 Å². The number of aliphatic carboxylic acids is 1. The molecule has 0 heterocycles. The van der Waals surface area contributed by atoms with E-state index in [0.29, 0.717) is 11.3 Å². The number of carbonyl (C=O) groups is 2. The van der Waals surface area contributed by atoms with E-state index in [4.69, 9.17) is 9.84 Å². The highest BCUT2D eigenvalue weighted by molar-refractivity contribution is 5.87. The molecule has 0 saturated heterocycles.